The number of rotatable bonds is 8. The Balaban J connectivity index is 1.68. The molecule has 0 aliphatic rings. The van der Waals surface area contributed by atoms with E-state index in [1.807, 2.05) is 38.1 Å². The van der Waals surface area contributed by atoms with Gasteiger partial charge in [0.25, 0.3) is 5.89 Å². The molecule has 0 saturated carbocycles. The van der Waals surface area contributed by atoms with Gasteiger partial charge < -0.3 is 19.3 Å². The highest BCUT2D eigenvalue weighted by Crippen LogP contribution is 2.25. The summed E-state index contributed by atoms with van der Waals surface area (Å²) in [7, 11) is 0. The number of furan rings is 1. The lowest BCUT2D eigenvalue weighted by molar-refractivity contribution is 0.274. The molecule has 6 nitrogen and oxygen atoms in total. The third-order valence-corrected chi connectivity index (χ3v) is 4.09. The molecule has 1 unspecified atom stereocenters. The summed E-state index contributed by atoms with van der Waals surface area (Å²) < 4.78 is 11.3. The van der Waals surface area contributed by atoms with E-state index in [2.05, 4.69) is 27.6 Å². The largest absolute Gasteiger partial charge is 0.466 e. The minimum Gasteiger partial charge on any atom is -0.466 e. The zero-order valence-corrected chi connectivity index (χ0v) is 14.5. The SMILES string of the molecule is Cc1cc(-c2nnc(CNC(CCCO)c3ccccc3)o2)c(C)o1. The summed E-state index contributed by atoms with van der Waals surface area (Å²) in [6.07, 6.45) is 1.57. The van der Waals surface area contributed by atoms with Crippen molar-refractivity contribution in [3.8, 4) is 11.5 Å². The fourth-order valence-corrected chi connectivity index (χ4v) is 2.85. The molecule has 3 rings (SSSR count). The van der Waals surface area contributed by atoms with E-state index in [1.54, 1.807) is 0 Å². The van der Waals surface area contributed by atoms with Crippen LogP contribution in [0.5, 0.6) is 0 Å². The van der Waals surface area contributed by atoms with Gasteiger partial charge in [0, 0.05) is 12.6 Å². The van der Waals surface area contributed by atoms with Crippen LogP contribution in [0.3, 0.4) is 0 Å². The predicted molar refractivity (Wildman–Crippen MR) is 93.8 cm³/mol. The first-order chi connectivity index (χ1) is 12.2. The normalized spacial score (nSPS) is 12.4. The molecule has 0 radical (unpaired) electrons. The van der Waals surface area contributed by atoms with Crippen LogP contribution in [0.2, 0.25) is 0 Å². The van der Waals surface area contributed by atoms with E-state index in [0.717, 1.165) is 29.9 Å². The summed E-state index contributed by atoms with van der Waals surface area (Å²) >= 11 is 0. The summed E-state index contributed by atoms with van der Waals surface area (Å²) in [5.74, 6) is 2.58. The summed E-state index contributed by atoms with van der Waals surface area (Å²) in [5.41, 5.74) is 2.01. The van der Waals surface area contributed by atoms with E-state index in [4.69, 9.17) is 13.9 Å². The Hall–Kier alpha value is -2.44. The first-order valence-electron chi connectivity index (χ1n) is 8.46. The molecule has 3 aromatic rings. The molecule has 2 aromatic heterocycles. The van der Waals surface area contributed by atoms with Gasteiger partial charge >= 0.3 is 0 Å². The second-order valence-electron chi connectivity index (χ2n) is 6.04. The third-order valence-electron chi connectivity index (χ3n) is 4.09. The minimum atomic E-state index is 0.126. The van der Waals surface area contributed by atoms with Crippen molar-refractivity contribution in [1.29, 1.82) is 0 Å². The summed E-state index contributed by atoms with van der Waals surface area (Å²) in [5, 5.41) is 20.8. The number of hydrogen-bond acceptors (Lipinski definition) is 6. The maximum atomic E-state index is 9.13. The summed E-state index contributed by atoms with van der Waals surface area (Å²) in [6.45, 7) is 4.41. The number of aliphatic hydroxyl groups excluding tert-OH is 1. The maximum absolute atomic E-state index is 9.13. The van der Waals surface area contributed by atoms with Gasteiger partial charge in [-0.25, -0.2) is 0 Å². The van der Waals surface area contributed by atoms with Gasteiger partial charge in [0.05, 0.1) is 12.1 Å². The fraction of sp³-hybridized carbons (Fsp3) is 0.368. The van der Waals surface area contributed by atoms with Crippen LogP contribution in [0.15, 0.2) is 45.2 Å². The van der Waals surface area contributed by atoms with Gasteiger partial charge in [-0.1, -0.05) is 30.3 Å². The molecular formula is C19H23N3O3. The predicted octanol–water partition coefficient (Wildman–Crippen LogP) is 3.55. The van der Waals surface area contributed by atoms with Gasteiger partial charge in [0.1, 0.15) is 11.5 Å². The standard InChI is InChI=1S/C19H23N3O3/c1-13-11-16(14(2)24-13)19-22-21-18(25-19)12-20-17(9-6-10-23)15-7-4-3-5-8-15/h3-5,7-8,11,17,20,23H,6,9-10,12H2,1-2H3. The van der Waals surface area contributed by atoms with Gasteiger partial charge in [-0.2, -0.15) is 0 Å². The molecule has 0 amide bonds. The van der Waals surface area contributed by atoms with E-state index in [1.165, 1.54) is 5.56 Å². The van der Waals surface area contributed by atoms with Crippen molar-refractivity contribution < 1.29 is 13.9 Å². The van der Waals surface area contributed by atoms with Gasteiger partial charge in [-0.05, 0) is 38.3 Å². The topological polar surface area (TPSA) is 84.3 Å². The third kappa shape index (κ3) is 4.35. The zero-order valence-electron chi connectivity index (χ0n) is 14.5. The molecule has 2 N–H and O–H groups in total. The van der Waals surface area contributed by atoms with E-state index in [-0.39, 0.29) is 12.6 Å². The molecule has 0 spiro atoms. The first-order valence-corrected chi connectivity index (χ1v) is 8.46. The average molecular weight is 341 g/mol. The molecule has 1 atom stereocenters. The Morgan fingerprint density at radius 1 is 1.12 bits per heavy atom. The molecule has 0 fully saturated rings. The number of aromatic nitrogens is 2. The van der Waals surface area contributed by atoms with Crippen LogP contribution in [-0.4, -0.2) is 21.9 Å². The highest BCUT2D eigenvalue weighted by molar-refractivity contribution is 5.55. The molecule has 132 valence electrons. The van der Waals surface area contributed by atoms with Crippen molar-refractivity contribution in [3.05, 3.63) is 59.4 Å². The highest BCUT2D eigenvalue weighted by Gasteiger charge is 2.16. The molecule has 0 saturated heterocycles. The Morgan fingerprint density at radius 2 is 1.92 bits per heavy atom. The first kappa shape index (κ1) is 17.4. The second kappa shape index (κ2) is 8.09. The van der Waals surface area contributed by atoms with Crippen molar-refractivity contribution in [2.24, 2.45) is 0 Å². The van der Waals surface area contributed by atoms with Crippen LogP contribution in [-0.2, 0) is 6.54 Å². The van der Waals surface area contributed by atoms with Gasteiger partial charge in [0.2, 0.25) is 5.89 Å². The minimum absolute atomic E-state index is 0.126. The van der Waals surface area contributed by atoms with E-state index in [9.17, 15) is 0 Å². The number of benzene rings is 1. The van der Waals surface area contributed by atoms with E-state index in [0.29, 0.717) is 18.3 Å². The van der Waals surface area contributed by atoms with Crippen LogP contribution in [0.4, 0.5) is 0 Å². The highest BCUT2D eigenvalue weighted by atomic mass is 16.4. The van der Waals surface area contributed by atoms with Crippen molar-refractivity contribution in [1.82, 2.24) is 15.5 Å². The number of aliphatic hydroxyl groups is 1. The van der Waals surface area contributed by atoms with Crippen molar-refractivity contribution in [2.75, 3.05) is 6.61 Å². The Morgan fingerprint density at radius 3 is 2.60 bits per heavy atom. The van der Waals surface area contributed by atoms with E-state index < -0.39 is 0 Å². The van der Waals surface area contributed by atoms with Crippen molar-refractivity contribution in [3.63, 3.8) is 0 Å². The molecule has 0 aliphatic carbocycles. The average Bonchev–Trinajstić information content (AvgIpc) is 3.21. The lowest BCUT2D eigenvalue weighted by atomic mass is 10.0. The molecule has 0 bridgehead atoms. The van der Waals surface area contributed by atoms with Gasteiger partial charge in [-0.3, -0.25) is 0 Å². The number of nitrogens with zero attached hydrogens (tertiary/aromatic N) is 2. The van der Waals surface area contributed by atoms with Crippen LogP contribution in [0.25, 0.3) is 11.5 Å². The summed E-state index contributed by atoms with van der Waals surface area (Å²) in [4.78, 5) is 0. The van der Waals surface area contributed by atoms with Crippen LogP contribution in [0.1, 0.15) is 41.9 Å². The Kier molecular flexibility index (Phi) is 5.63. The van der Waals surface area contributed by atoms with Gasteiger partial charge in [0.15, 0.2) is 0 Å². The molecule has 1 aromatic carbocycles. The zero-order chi connectivity index (χ0) is 17.6. The van der Waals surface area contributed by atoms with Crippen LogP contribution < -0.4 is 5.32 Å². The molecule has 2 heterocycles. The number of nitrogens with one attached hydrogen (secondary N) is 1. The fourth-order valence-electron chi connectivity index (χ4n) is 2.85. The van der Waals surface area contributed by atoms with Crippen molar-refractivity contribution in [2.45, 2.75) is 39.3 Å². The van der Waals surface area contributed by atoms with Crippen LogP contribution in [0, 0.1) is 13.8 Å². The number of hydrogen-bond donors (Lipinski definition) is 2. The molecule has 6 heteroatoms. The molecule has 25 heavy (non-hydrogen) atoms. The lowest BCUT2D eigenvalue weighted by Crippen LogP contribution is -2.21. The molecule has 0 aliphatic heterocycles. The Labute approximate surface area is 146 Å². The van der Waals surface area contributed by atoms with Crippen molar-refractivity contribution >= 4 is 0 Å². The maximum Gasteiger partial charge on any atom is 0.251 e. The second-order valence-corrected chi connectivity index (χ2v) is 6.04. The Bertz CT molecular complexity index is 795. The molecular weight excluding hydrogens is 318 g/mol. The lowest BCUT2D eigenvalue weighted by Gasteiger charge is -2.17. The number of aryl methyl sites for hydroxylation is 2. The quantitative estimate of drug-likeness (QED) is 0.652. The monoisotopic (exact) mass is 341 g/mol. The van der Waals surface area contributed by atoms with Gasteiger partial charge in [-0.15, -0.1) is 10.2 Å². The van der Waals surface area contributed by atoms with E-state index >= 15 is 0 Å². The smallest absolute Gasteiger partial charge is 0.251 e. The summed E-state index contributed by atoms with van der Waals surface area (Å²) in [6, 6.07) is 12.2. The van der Waals surface area contributed by atoms with Crippen LogP contribution >= 0.6 is 0 Å².